The van der Waals surface area contributed by atoms with Gasteiger partial charge in [-0.05, 0) is 31.2 Å². The van der Waals surface area contributed by atoms with Crippen LogP contribution in [0.15, 0.2) is 64.2 Å². The average molecular weight is 377 g/mol. The topological polar surface area (TPSA) is 89.2 Å². The lowest BCUT2D eigenvalue weighted by molar-refractivity contribution is -0.117. The molecule has 0 atom stereocenters. The largest absolute Gasteiger partial charge is 0.333 e. The van der Waals surface area contributed by atoms with E-state index in [2.05, 4.69) is 10.4 Å². The Labute approximate surface area is 160 Å². The van der Waals surface area contributed by atoms with Gasteiger partial charge in [0.05, 0.1) is 0 Å². The highest BCUT2D eigenvalue weighted by Crippen LogP contribution is 2.25. The number of aryl methyl sites for hydroxylation is 1. The van der Waals surface area contributed by atoms with E-state index in [-0.39, 0.29) is 6.54 Å². The fourth-order valence-electron chi connectivity index (χ4n) is 3.16. The summed E-state index contributed by atoms with van der Waals surface area (Å²) in [6.07, 6.45) is 0. The van der Waals surface area contributed by atoms with Crippen LogP contribution in [0.3, 0.4) is 0 Å². The summed E-state index contributed by atoms with van der Waals surface area (Å²) in [6.45, 7) is 2.52. The molecular weight excluding hydrogens is 358 g/mol. The first kappa shape index (κ1) is 17.7. The first-order valence-corrected chi connectivity index (χ1v) is 8.94. The van der Waals surface area contributed by atoms with Crippen molar-refractivity contribution in [1.82, 2.24) is 14.3 Å². The number of hydrogen-bond donors (Lipinski definition) is 1. The minimum atomic E-state index is -0.808. The molecule has 0 saturated heterocycles. The molecule has 2 aromatic carbocycles. The zero-order valence-electron chi connectivity index (χ0n) is 15.3. The molecule has 8 nitrogen and oxygen atoms in total. The van der Waals surface area contributed by atoms with E-state index in [0.29, 0.717) is 24.7 Å². The molecule has 4 rings (SSSR count). The van der Waals surface area contributed by atoms with Gasteiger partial charge >= 0.3 is 11.1 Å². The molecule has 0 aliphatic carbocycles. The Morgan fingerprint density at radius 3 is 2.43 bits per heavy atom. The van der Waals surface area contributed by atoms with Crippen LogP contribution in [0.1, 0.15) is 5.56 Å². The van der Waals surface area contributed by atoms with Crippen LogP contribution in [0.25, 0.3) is 0 Å². The summed E-state index contributed by atoms with van der Waals surface area (Å²) in [5.41, 5.74) is 1.08. The maximum absolute atomic E-state index is 12.5. The number of benzene rings is 2. The van der Waals surface area contributed by atoms with Crippen molar-refractivity contribution in [3.05, 3.63) is 80.9 Å². The molecule has 8 heteroatoms. The number of fused-ring (bicyclic) bond motifs is 1. The molecule has 0 spiro atoms. The summed E-state index contributed by atoms with van der Waals surface area (Å²) >= 11 is 0. The van der Waals surface area contributed by atoms with Crippen LogP contribution in [0.4, 0.5) is 17.3 Å². The summed E-state index contributed by atoms with van der Waals surface area (Å²) in [7, 11) is 0. The van der Waals surface area contributed by atoms with E-state index >= 15 is 0 Å². The molecular formula is C20H19N5O3. The summed E-state index contributed by atoms with van der Waals surface area (Å²) in [5.74, 6) is -0.0639. The van der Waals surface area contributed by atoms with E-state index in [1.54, 1.807) is 12.1 Å². The van der Waals surface area contributed by atoms with Gasteiger partial charge in [-0.3, -0.25) is 19.0 Å². The minimum Gasteiger partial charge on any atom is -0.324 e. The molecule has 0 bridgehead atoms. The van der Waals surface area contributed by atoms with Gasteiger partial charge in [0, 0.05) is 24.5 Å². The standard InChI is InChI=1S/C20H19N5O3/c1-14-7-9-15(10-8-14)21-17(26)13-25-19(28)18(27)24-12-11-23(20(24)22-25)16-5-3-2-4-6-16/h2-10H,11-13H2,1H3,(H,21,26). The zero-order valence-corrected chi connectivity index (χ0v) is 15.3. The van der Waals surface area contributed by atoms with Crippen LogP contribution in [0.2, 0.25) is 0 Å². The second kappa shape index (κ2) is 7.15. The molecule has 1 amide bonds. The Hall–Kier alpha value is -3.68. The molecule has 1 aliphatic rings. The highest BCUT2D eigenvalue weighted by Gasteiger charge is 2.26. The molecule has 142 valence electrons. The van der Waals surface area contributed by atoms with Crippen LogP contribution in [-0.4, -0.2) is 26.8 Å². The first-order chi connectivity index (χ1) is 13.5. The van der Waals surface area contributed by atoms with Crippen molar-refractivity contribution in [1.29, 1.82) is 0 Å². The number of aromatic nitrogens is 3. The van der Waals surface area contributed by atoms with E-state index in [9.17, 15) is 14.4 Å². The summed E-state index contributed by atoms with van der Waals surface area (Å²) in [6, 6.07) is 16.8. The molecule has 3 aromatic rings. The second-order valence-corrected chi connectivity index (χ2v) is 6.62. The smallest absolute Gasteiger partial charge is 0.324 e. The van der Waals surface area contributed by atoms with Crippen molar-refractivity contribution in [2.24, 2.45) is 0 Å². The third kappa shape index (κ3) is 3.32. The highest BCUT2D eigenvalue weighted by atomic mass is 16.2. The highest BCUT2D eigenvalue weighted by molar-refractivity contribution is 5.90. The predicted octanol–water partition coefficient (Wildman–Crippen LogP) is 1.50. The molecule has 0 saturated carbocycles. The van der Waals surface area contributed by atoms with Gasteiger partial charge in [-0.15, -0.1) is 5.10 Å². The van der Waals surface area contributed by atoms with Gasteiger partial charge in [0.1, 0.15) is 6.54 Å². The van der Waals surface area contributed by atoms with Gasteiger partial charge in [-0.1, -0.05) is 35.9 Å². The number of anilines is 3. The Morgan fingerprint density at radius 1 is 1.00 bits per heavy atom. The molecule has 28 heavy (non-hydrogen) atoms. The first-order valence-electron chi connectivity index (χ1n) is 8.94. The number of rotatable bonds is 4. The zero-order chi connectivity index (χ0) is 19.7. The molecule has 0 radical (unpaired) electrons. The second-order valence-electron chi connectivity index (χ2n) is 6.62. The fourth-order valence-corrected chi connectivity index (χ4v) is 3.16. The molecule has 2 heterocycles. The molecule has 1 aromatic heterocycles. The maximum Gasteiger partial charge on any atom is 0.333 e. The number of hydrogen-bond acceptors (Lipinski definition) is 5. The number of carbonyl (C=O) groups is 1. The van der Waals surface area contributed by atoms with Crippen LogP contribution < -0.4 is 21.3 Å². The van der Waals surface area contributed by atoms with Gasteiger partial charge in [-0.2, -0.15) is 0 Å². The Bertz CT molecular complexity index is 1130. The third-order valence-corrected chi connectivity index (χ3v) is 4.60. The van der Waals surface area contributed by atoms with Crippen molar-refractivity contribution in [2.45, 2.75) is 20.0 Å². The number of amides is 1. The monoisotopic (exact) mass is 377 g/mol. The molecule has 1 N–H and O–H groups in total. The number of nitrogens with zero attached hydrogens (tertiary/aromatic N) is 4. The van der Waals surface area contributed by atoms with Crippen LogP contribution in [0.5, 0.6) is 0 Å². The molecule has 0 unspecified atom stereocenters. The maximum atomic E-state index is 12.5. The normalized spacial score (nSPS) is 12.7. The van der Waals surface area contributed by atoms with E-state index in [1.165, 1.54) is 4.57 Å². The van der Waals surface area contributed by atoms with Gasteiger partial charge in [0.2, 0.25) is 11.9 Å². The Kier molecular flexibility index (Phi) is 4.52. The number of carbonyl (C=O) groups excluding carboxylic acids is 1. The van der Waals surface area contributed by atoms with Gasteiger partial charge in [-0.25, -0.2) is 4.68 Å². The van der Waals surface area contributed by atoms with Crippen molar-refractivity contribution in [2.75, 3.05) is 16.8 Å². The lowest BCUT2D eigenvalue weighted by Gasteiger charge is -2.17. The van der Waals surface area contributed by atoms with Crippen molar-refractivity contribution >= 4 is 23.2 Å². The third-order valence-electron chi connectivity index (χ3n) is 4.60. The Balaban J connectivity index is 1.62. The SMILES string of the molecule is Cc1ccc(NC(=O)Cn2nc3n(c(=O)c2=O)CCN3c2ccccc2)cc1. The van der Waals surface area contributed by atoms with Crippen LogP contribution >= 0.6 is 0 Å². The predicted molar refractivity (Wildman–Crippen MR) is 106 cm³/mol. The quantitative estimate of drug-likeness (QED) is 0.696. The molecule has 1 aliphatic heterocycles. The summed E-state index contributed by atoms with van der Waals surface area (Å²) in [4.78, 5) is 39.0. The van der Waals surface area contributed by atoms with E-state index in [4.69, 9.17) is 0 Å². The van der Waals surface area contributed by atoms with Crippen LogP contribution in [0, 0.1) is 6.92 Å². The van der Waals surface area contributed by atoms with Gasteiger partial charge < -0.3 is 10.2 Å². The van der Waals surface area contributed by atoms with Crippen molar-refractivity contribution in [3.63, 3.8) is 0 Å². The lowest BCUT2D eigenvalue weighted by atomic mass is 10.2. The summed E-state index contributed by atoms with van der Waals surface area (Å²) < 4.78 is 2.28. The van der Waals surface area contributed by atoms with E-state index in [1.807, 2.05) is 54.3 Å². The van der Waals surface area contributed by atoms with Gasteiger partial charge in [0.25, 0.3) is 0 Å². The average Bonchev–Trinajstić information content (AvgIpc) is 3.12. The lowest BCUT2D eigenvalue weighted by Crippen LogP contribution is -2.44. The number of nitrogens with one attached hydrogen (secondary N) is 1. The van der Waals surface area contributed by atoms with Crippen molar-refractivity contribution < 1.29 is 4.79 Å². The summed E-state index contributed by atoms with van der Waals surface area (Å²) in [5, 5.41) is 7.01. The van der Waals surface area contributed by atoms with Crippen LogP contribution in [-0.2, 0) is 17.9 Å². The number of para-hydroxylation sites is 1. The minimum absolute atomic E-state index is 0.335. The Morgan fingerprint density at radius 2 is 1.71 bits per heavy atom. The van der Waals surface area contributed by atoms with Crippen molar-refractivity contribution in [3.8, 4) is 0 Å². The van der Waals surface area contributed by atoms with E-state index in [0.717, 1.165) is 15.9 Å². The van der Waals surface area contributed by atoms with E-state index < -0.39 is 17.0 Å². The fraction of sp³-hybridized carbons (Fsp3) is 0.200. The molecule has 0 fully saturated rings. The van der Waals surface area contributed by atoms with Gasteiger partial charge in [0.15, 0.2) is 0 Å².